The minimum atomic E-state index is -0.420. The third-order valence-corrected chi connectivity index (χ3v) is 7.15. The predicted molar refractivity (Wildman–Crippen MR) is 119 cm³/mol. The minimum Gasteiger partial charge on any atom is -0.494 e. The third kappa shape index (κ3) is 4.46. The van der Waals surface area contributed by atoms with Crippen molar-refractivity contribution in [3.63, 3.8) is 0 Å². The molecule has 3 fully saturated rings. The highest BCUT2D eigenvalue weighted by atomic mass is 16.6. The number of hydrogen-bond donors (Lipinski definition) is 0. The number of likely N-dealkylation sites (tertiary alicyclic amines) is 2. The van der Waals surface area contributed by atoms with Gasteiger partial charge in [0.2, 0.25) is 0 Å². The van der Waals surface area contributed by atoms with Gasteiger partial charge in [-0.3, -0.25) is 4.90 Å². The number of piperidine rings is 1. The van der Waals surface area contributed by atoms with Crippen LogP contribution in [-0.4, -0.2) is 53.8 Å². The van der Waals surface area contributed by atoms with Crippen molar-refractivity contribution in [2.45, 2.75) is 83.9 Å². The van der Waals surface area contributed by atoms with E-state index in [-0.39, 0.29) is 6.09 Å². The summed E-state index contributed by atoms with van der Waals surface area (Å²) in [5.74, 6) is 1.05. The van der Waals surface area contributed by atoms with Crippen LogP contribution in [0.4, 0.5) is 4.79 Å². The maximum absolute atomic E-state index is 12.4. The SMILES string of the molecule is CCOc1ccccc1[C@@H]1CCCN1C1CC2(CCN(C(=O)OC(C)(C)C)CC2)C1. The van der Waals surface area contributed by atoms with Gasteiger partial charge in [0, 0.05) is 30.7 Å². The number of amides is 1. The summed E-state index contributed by atoms with van der Waals surface area (Å²) >= 11 is 0. The van der Waals surface area contributed by atoms with Crippen LogP contribution in [0.1, 0.15) is 77.8 Å². The largest absolute Gasteiger partial charge is 0.494 e. The second kappa shape index (κ2) is 8.41. The van der Waals surface area contributed by atoms with Crippen LogP contribution in [0.3, 0.4) is 0 Å². The Morgan fingerprint density at radius 1 is 1.13 bits per heavy atom. The first kappa shape index (κ1) is 21.5. The van der Waals surface area contributed by atoms with E-state index in [1.54, 1.807) is 0 Å². The molecule has 3 aliphatic rings. The highest BCUT2D eigenvalue weighted by Gasteiger charge is 2.50. The highest BCUT2D eigenvalue weighted by Crippen LogP contribution is 2.54. The molecule has 4 rings (SSSR count). The number of benzene rings is 1. The Hall–Kier alpha value is -1.75. The van der Waals surface area contributed by atoms with E-state index >= 15 is 0 Å². The molecule has 30 heavy (non-hydrogen) atoms. The monoisotopic (exact) mass is 414 g/mol. The summed E-state index contributed by atoms with van der Waals surface area (Å²) in [5.41, 5.74) is 1.36. The predicted octanol–water partition coefficient (Wildman–Crippen LogP) is 5.40. The highest BCUT2D eigenvalue weighted by molar-refractivity contribution is 5.68. The van der Waals surface area contributed by atoms with E-state index in [0.717, 1.165) is 31.7 Å². The Morgan fingerprint density at radius 3 is 2.50 bits per heavy atom. The Balaban J connectivity index is 1.34. The van der Waals surface area contributed by atoms with Crippen molar-refractivity contribution in [3.05, 3.63) is 29.8 Å². The molecule has 1 aliphatic carbocycles. The Bertz CT molecular complexity index is 741. The molecule has 1 aromatic rings. The second-order valence-corrected chi connectivity index (χ2v) is 10.4. The lowest BCUT2D eigenvalue weighted by molar-refractivity contribution is -0.0517. The minimum absolute atomic E-state index is 0.152. The second-order valence-electron chi connectivity index (χ2n) is 10.4. The zero-order chi connectivity index (χ0) is 21.4. The number of carbonyl (C=O) groups is 1. The molecule has 0 unspecified atom stereocenters. The molecule has 0 N–H and O–H groups in total. The van der Waals surface area contributed by atoms with E-state index in [4.69, 9.17) is 9.47 Å². The van der Waals surface area contributed by atoms with Crippen molar-refractivity contribution < 1.29 is 14.3 Å². The van der Waals surface area contributed by atoms with Crippen molar-refractivity contribution in [1.29, 1.82) is 0 Å². The lowest BCUT2D eigenvalue weighted by Gasteiger charge is -2.55. The van der Waals surface area contributed by atoms with E-state index in [0.29, 0.717) is 24.1 Å². The van der Waals surface area contributed by atoms with Crippen molar-refractivity contribution in [2.24, 2.45) is 5.41 Å². The maximum atomic E-state index is 12.4. The normalized spacial score (nSPS) is 24.7. The first-order chi connectivity index (χ1) is 14.3. The lowest BCUT2D eigenvalue weighted by atomic mass is 9.60. The van der Waals surface area contributed by atoms with Gasteiger partial charge in [0.05, 0.1) is 6.61 Å². The lowest BCUT2D eigenvalue weighted by Crippen LogP contribution is -2.55. The summed E-state index contributed by atoms with van der Waals surface area (Å²) < 4.78 is 11.5. The molecule has 5 nitrogen and oxygen atoms in total. The van der Waals surface area contributed by atoms with Crippen LogP contribution in [0.5, 0.6) is 5.75 Å². The van der Waals surface area contributed by atoms with Gasteiger partial charge >= 0.3 is 6.09 Å². The van der Waals surface area contributed by atoms with Crippen LogP contribution >= 0.6 is 0 Å². The molecule has 1 atom stereocenters. The molecule has 166 valence electrons. The molecule has 2 saturated heterocycles. The van der Waals surface area contributed by atoms with Crippen molar-refractivity contribution in [1.82, 2.24) is 9.80 Å². The van der Waals surface area contributed by atoms with Gasteiger partial charge in [0.15, 0.2) is 0 Å². The summed E-state index contributed by atoms with van der Waals surface area (Å²) in [6.45, 7) is 11.4. The van der Waals surface area contributed by atoms with Crippen LogP contribution in [0.2, 0.25) is 0 Å². The Labute approximate surface area is 181 Å². The Morgan fingerprint density at radius 2 is 1.83 bits per heavy atom. The first-order valence-corrected chi connectivity index (χ1v) is 11.8. The summed E-state index contributed by atoms with van der Waals surface area (Å²) in [4.78, 5) is 17.0. The fraction of sp³-hybridized carbons (Fsp3) is 0.720. The van der Waals surface area contributed by atoms with Gasteiger partial charge in [-0.2, -0.15) is 0 Å². The summed E-state index contributed by atoms with van der Waals surface area (Å²) in [6, 6.07) is 9.73. The van der Waals surface area contributed by atoms with E-state index < -0.39 is 5.60 Å². The van der Waals surface area contributed by atoms with Crippen molar-refractivity contribution in [3.8, 4) is 5.75 Å². The topological polar surface area (TPSA) is 42.0 Å². The van der Waals surface area contributed by atoms with E-state index in [2.05, 4.69) is 36.1 Å². The molecular formula is C25H38N2O3. The molecule has 1 spiro atoms. The van der Waals surface area contributed by atoms with Gasteiger partial charge in [-0.25, -0.2) is 4.79 Å². The molecule has 2 heterocycles. The summed E-state index contributed by atoms with van der Waals surface area (Å²) in [7, 11) is 0. The Kier molecular flexibility index (Phi) is 6.02. The van der Waals surface area contributed by atoms with Crippen molar-refractivity contribution in [2.75, 3.05) is 26.2 Å². The van der Waals surface area contributed by atoms with Gasteiger partial charge in [0.1, 0.15) is 11.4 Å². The van der Waals surface area contributed by atoms with E-state index in [9.17, 15) is 4.79 Å². The number of ether oxygens (including phenoxy) is 2. The molecule has 1 aromatic carbocycles. The van der Waals surface area contributed by atoms with Crippen LogP contribution in [0.25, 0.3) is 0 Å². The number of nitrogens with zero attached hydrogens (tertiary/aromatic N) is 2. The van der Waals surface area contributed by atoms with Crippen LogP contribution in [-0.2, 0) is 4.74 Å². The maximum Gasteiger partial charge on any atom is 0.410 e. The zero-order valence-electron chi connectivity index (χ0n) is 19.2. The van der Waals surface area contributed by atoms with E-state index in [1.807, 2.05) is 25.7 Å². The molecular weight excluding hydrogens is 376 g/mol. The quantitative estimate of drug-likeness (QED) is 0.661. The molecule has 1 saturated carbocycles. The fourth-order valence-corrected chi connectivity index (χ4v) is 5.68. The average molecular weight is 415 g/mol. The summed E-state index contributed by atoms with van der Waals surface area (Å²) in [5, 5.41) is 0. The van der Waals surface area contributed by atoms with Gasteiger partial charge in [-0.05, 0) is 84.2 Å². The zero-order valence-corrected chi connectivity index (χ0v) is 19.2. The van der Waals surface area contributed by atoms with Gasteiger partial charge in [-0.15, -0.1) is 0 Å². The number of para-hydroxylation sites is 1. The molecule has 5 heteroatoms. The molecule has 0 radical (unpaired) electrons. The molecule has 0 aromatic heterocycles. The summed E-state index contributed by atoms with van der Waals surface area (Å²) in [6.07, 6.45) is 7.08. The van der Waals surface area contributed by atoms with Crippen LogP contribution < -0.4 is 4.74 Å². The van der Waals surface area contributed by atoms with Crippen LogP contribution in [0, 0.1) is 5.41 Å². The van der Waals surface area contributed by atoms with Gasteiger partial charge in [-0.1, -0.05) is 18.2 Å². The third-order valence-electron chi connectivity index (χ3n) is 7.15. The fourth-order valence-electron chi connectivity index (χ4n) is 5.68. The molecule has 1 amide bonds. The average Bonchev–Trinajstić information content (AvgIpc) is 3.15. The number of hydrogen-bond acceptors (Lipinski definition) is 4. The van der Waals surface area contributed by atoms with Crippen LogP contribution in [0.15, 0.2) is 24.3 Å². The standard InChI is InChI=1S/C25H38N2O3/c1-5-29-22-11-7-6-9-20(22)21-10-8-14-27(21)19-17-25(18-19)12-15-26(16-13-25)23(28)30-24(2,3)4/h6-7,9,11,19,21H,5,8,10,12-18H2,1-4H3/t21-/m0/s1. The van der Waals surface area contributed by atoms with E-state index in [1.165, 1.54) is 37.8 Å². The van der Waals surface area contributed by atoms with Gasteiger partial charge < -0.3 is 14.4 Å². The first-order valence-electron chi connectivity index (χ1n) is 11.8. The van der Waals surface area contributed by atoms with Crippen molar-refractivity contribution >= 4 is 6.09 Å². The van der Waals surface area contributed by atoms with Gasteiger partial charge in [0.25, 0.3) is 0 Å². The molecule has 2 aliphatic heterocycles. The number of carbonyl (C=O) groups excluding carboxylic acids is 1. The molecule has 0 bridgehead atoms. The number of rotatable bonds is 4. The smallest absolute Gasteiger partial charge is 0.410 e.